The van der Waals surface area contributed by atoms with E-state index in [0.29, 0.717) is 43.9 Å². The summed E-state index contributed by atoms with van der Waals surface area (Å²) < 4.78 is 40.3. The van der Waals surface area contributed by atoms with Crippen molar-refractivity contribution in [1.29, 1.82) is 5.26 Å². The highest BCUT2D eigenvalue weighted by Gasteiger charge is 2.52. The molecule has 184 valence electrons. The molecule has 35 heavy (non-hydrogen) atoms. The van der Waals surface area contributed by atoms with Crippen LogP contribution in [-0.4, -0.2) is 54.9 Å². The minimum absolute atomic E-state index is 0.149. The Morgan fingerprint density at radius 3 is 2.51 bits per heavy atom. The van der Waals surface area contributed by atoms with Gasteiger partial charge in [-0.05, 0) is 50.1 Å². The number of nitrogens with zero attached hydrogens (tertiary/aromatic N) is 4. The van der Waals surface area contributed by atoms with Crippen molar-refractivity contribution in [2.24, 2.45) is 11.3 Å². The lowest BCUT2D eigenvalue weighted by Gasteiger charge is -2.43. The summed E-state index contributed by atoms with van der Waals surface area (Å²) >= 11 is 0. The topological polar surface area (TPSA) is 89.3 Å². The van der Waals surface area contributed by atoms with Crippen molar-refractivity contribution in [3.8, 4) is 6.07 Å². The van der Waals surface area contributed by atoms with Crippen molar-refractivity contribution in [2.45, 2.75) is 25.9 Å². The van der Waals surface area contributed by atoms with Gasteiger partial charge in [-0.15, -0.1) is 0 Å². The number of carbonyl (C=O) groups is 2. The second-order valence-electron chi connectivity index (χ2n) is 9.21. The minimum Gasteiger partial charge on any atom is -0.371 e. The first-order valence-corrected chi connectivity index (χ1v) is 11.4. The highest BCUT2D eigenvalue weighted by Crippen LogP contribution is 2.46. The summed E-state index contributed by atoms with van der Waals surface area (Å²) in [5.41, 5.74) is -0.407. The van der Waals surface area contributed by atoms with Gasteiger partial charge >= 0.3 is 6.18 Å². The van der Waals surface area contributed by atoms with E-state index in [1.165, 1.54) is 12.1 Å². The third-order valence-corrected chi connectivity index (χ3v) is 7.16. The van der Waals surface area contributed by atoms with Crippen LogP contribution in [0.15, 0.2) is 36.4 Å². The average Bonchev–Trinajstić information content (AvgIpc) is 3.21. The Labute approximate surface area is 201 Å². The number of alkyl halides is 3. The molecule has 0 saturated carbocycles. The van der Waals surface area contributed by atoms with Crippen LogP contribution in [-0.2, 0) is 11.0 Å². The summed E-state index contributed by atoms with van der Waals surface area (Å²) in [7, 11) is 1.56. The summed E-state index contributed by atoms with van der Waals surface area (Å²) in [6, 6.07) is 10.6. The lowest BCUT2D eigenvalue weighted by atomic mass is 9.70. The first kappa shape index (κ1) is 24.5. The zero-order valence-electron chi connectivity index (χ0n) is 19.5. The van der Waals surface area contributed by atoms with Crippen LogP contribution in [0.5, 0.6) is 0 Å². The number of nitrogens with one attached hydrogen (secondary N) is 1. The second kappa shape index (κ2) is 9.21. The van der Waals surface area contributed by atoms with Gasteiger partial charge in [0.2, 0.25) is 5.91 Å². The molecule has 7 nitrogen and oxygen atoms in total. The highest BCUT2D eigenvalue weighted by molar-refractivity contribution is 5.93. The number of aryl methyl sites for hydroxylation is 1. The largest absolute Gasteiger partial charge is 0.417 e. The molecule has 2 aromatic rings. The van der Waals surface area contributed by atoms with Crippen LogP contribution in [0, 0.1) is 29.6 Å². The standard InChI is InChI=1S/C25H26F3N5O2/c1-16-4-3-5-21(31-16)23(35)33-14-20(22(34)30-2)24(15-33)8-10-32(11-9-24)18-7-6-17(13-29)19(12-18)25(26,27)28/h3-7,12,20H,8-11,14-15H2,1-2H3,(H,30,34). The van der Waals surface area contributed by atoms with Crippen molar-refractivity contribution >= 4 is 17.5 Å². The average molecular weight is 486 g/mol. The number of anilines is 1. The number of hydrogen-bond donors (Lipinski definition) is 1. The molecule has 2 fully saturated rings. The third-order valence-electron chi connectivity index (χ3n) is 7.16. The van der Waals surface area contributed by atoms with Crippen molar-refractivity contribution in [3.05, 3.63) is 58.9 Å². The number of benzene rings is 1. The molecule has 10 heteroatoms. The zero-order valence-corrected chi connectivity index (χ0v) is 19.5. The van der Waals surface area contributed by atoms with Gasteiger partial charge in [0.25, 0.3) is 5.91 Å². The predicted octanol–water partition coefficient (Wildman–Crippen LogP) is 3.39. The fourth-order valence-electron chi connectivity index (χ4n) is 5.26. The van der Waals surface area contributed by atoms with E-state index in [0.717, 1.165) is 11.8 Å². The fraction of sp³-hybridized carbons (Fsp3) is 0.440. The number of piperidine rings is 1. The SMILES string of the molecule is CNC(=O)C1CN(C(=O)c2cccc(C)n2)CC12CCN(c1ccc(C#N)c(C(F)(F)F)c1)CC2. The van der Waals surface area contributed by atoms with Crippen LogP contribution in [0.25, 0.3) is 0 Å². The number of nitriles is 1. The van der Waals surface area contributed by atoms with Crippen LogP contribution < -0.4 is 10.2 Å². The molecule has 0 radical (unpaired) electrons. The quantitative estimate of drug-likeness (QED) is 0.720. The van der Waals surface area contributed by atoms with Crippen LogP contribution in [0.3, 0.4) is 0 Å². The van der Waals surface area contributed by atoms with Crippen molar-refractivity contribution < 1.29 is 22.8 Å². The Kier molecular flexibility index (Phi) is 6.45. The molecule has 1 N–H and O–H groups in total. The number of amides is 2. The van der Waals surface area contributed by atoms with Crippen molar-refractivity contribution in [3.63, 3.8) is 0 Å². The van der Waals surface area contributed by atoms with Crippen LogP contribution in [0.1, 0.15) is 40.2 Å². The van der Waals surface area contributed by atoms with Crippen LogP contribution in [0.2, 0.25) is 0 Å². The summed E-state index contributed by atoms with van der Waals surface area (Å²) in [6.07, 6.45) is -3.55. The molecule has 0 bridgehead atoms. The normalized spacial score (nSPS) is 19.5. The monoisotopic (exact) mass is 485 g/mol. The third kappa shape index (κ3) is 4.67. The van der Waals surface area contributed by atoms with E-state index in [1.807, 2.05) is 4.90 Å². The summed E-state index contributed by atoms with van der Waals surface area (Å²) in [5, 5.41) is 11.8. The Morgan fingerprint density at radius 2 is 1.91 bits per heavy atom. The minimum atomic E-state index is -4.63. The summed E-state index contributed by atoms with van der Waals surface area (Å²) in [5.74, 6) is -0.803. The molecule has 1 aromatic heterocycles. The number of pyridine rings is 1. The Balaban J connectivity index is 1.55. The predicted molar refractivity (Wildman–Crippen MR) is 122 cm³/mol. The van der Waals surface area contributed by atoms with Gasteiger partial charge in [0, 0.05) is 50.0 Å². The van der Waals surface area contributed by atoms with Gasteiger partial charge in [0.15, 0.2) is 0 Å². The summed E-state index contributed by atoms with van der Waals surface area (Å²) in [4.78, 5) is 33.8. The number of aromatic nitrogens is 1. The van der Waals surface area contributed by atoms with Gasteiger partial charge < -0.3 is 15.1 Å². The molecule has 1 aromatic carbocycles. The van der Waals surface area contributed by atoms with E-state index >= 15 is 0 Å². The lowest BCUT2D eigenvalue weighted by molar-refractivity contribution is -0.137. The van der Waals surface area contributed by atoms with E-state index in [9.17, 15) is 22.8 Å². The van der Waals surface area contributed by atoms with E-state index < -0.39 is 28.6 Å². The molecule has 0 aliphatic carbocycles. The molecular formula is C25H26F3N5O2. The van der Waals surface area contributed by atoms with Gasteiger partial charge in [-0.3, -0.25) is 9.59 Å². The zero-order chi connectivity index (χ0) is 25.4. The molecule has 2 aliphatic rings. The van der Waals surface area contributed by atoms with Crippen molar-refractivity contribution in [2.75, 3.05) is 38.1 Å². The first-order valence-electron chi connectivity index (χ1n) is 11.4. The van der Waals surface area contributed by atoms with E-state index in [4.69, 9.17) is 5.26 Å². The van der Waals surface area contributed by atoms with Crippen LogP contribution >= 0.6 is 0 Å². The number of halogens is 3. The molecule has 1 atom stereocenters. The fourth-order valence-corrected chi connectivity index (χ4v) is 5.26. The molecule has 2 saturated heterocycles. The van der Waals surface area contributed by atoms with Gasteiger partial charge in [0.1, 0.15) is 5.69 Å². The molecule has 2 amide bonds. The summed E-state index contributed by atoms with van der Waals surface area (Å²) in [6.45, 7) is 3.32. The maximum atomic E-state index is 13.4. The van der Waals surface area contributed by atoms with E-state index in [1.54, 1.807) is 43.1 Å². The smallest absolute Gasteiger partial charge is 0.371 e. The number of likely N-dealkylation sites (tertiary alicyclic amines) is 1. The van der Waals surface area contributed by atoms with Gasteiger partial charge in [0.05, 0.1) is 23.1 Å². The van der Waals surface area contributed by atoms with E-state index in [-0.39, 0.29) is 18.4 Å². The Morgan fingerprint density at radius 1 is 1.20 bits per heavy atom. The van der Waals surface area contributed by atoms with Gasteiger partial charge in [-0.2, -0.15) is 18.4 Å². The molecule has 4 rings (SSSR count). The highest BCUT2D eigenvalue weighted by atomic mass is 19.4. The Hall–Kier alpha value is -3.61. The number of rotatable bonds is 3. The van der Waals surface area contributed by atoms with Crippen molar-refractivity contribution in [1.82, 2.24) is 15.2 Å². The maximum Gasteiger partial charge on any atom is 0.417 e. The maximum absolute atomic E-state index is 13.4. The number of hydrogen-bond acceptors (Lipinski definition) is 5. The molecule has 2 aliphatic heterocycles. The van der Waals surface area contributed by atoms with Gasteiger partial charge in [-0.1, -0.05) is 6.07 Å². The number of carbonyl (C=O) groups excluding carboxylic acids is 2. The van der Waals surface area contributed by atoms with E-state index in [2.05, 4.69) is 10.3 Å². The first-order chi connectivity index (χ1) is 16.6. The van der Waals surface area contributed by atoms with Crippen LogP contribution in [0.4, 0.5) is 18.9 Å². The second-order valence-corrected chi connectivity index (χ2v) is 9.21. The molecule has 1 unspecified atom stereocenters. The molecule has 1 spiro atoms. The Bertz CT molecular complexity index is 1180. The molecular weight excluding hydrogens is 459 g/mol. The molecule has 3 heterocycles. The lowest BCUT2D eigenvalue weighted by Crippen LogP contribution is -2.48. The van der Waals surface area contributed by atoms with Gasteiger partial charge in [-0.25, -0.2) is 4.98 Å².